The van der Waals surface area contributed by atoms with Crippen LogP contribution in [0.3, 0.4) is 0 Å². The summed E-state index contributed by atoms with van der Waals surface area (Å²) < 4.78 is 0. The van der Waals surface area contributed by atoms with Gasteiger partial charge in [0, 0.05) is 32.1 Å². The molecular formula is C12H19N3OS. The SMILES string of the molecule is CSc1nccnc1CN1CCCC(CO)C1. The zero-order valence-electron chi connectivity index (χ0n) is 10.2. The molecule has 0 saturated carbocycles. The fourth-order valence-corrected chi connectivity index (χ4v) is 2.81. The molecule has 1 saturated heterocycles. The van der Waals surface area contributed by atoms with E-state index < -0.39 is 0 Å². The topological polar surface area (TPSA) is 49.2 Å². The van der Waals surface area contributed by atoms with Gasteiger partial charge in [-0.25, -0.2) is 4.98 Å². The molecule has 1 unspecified atom stereocenters. The number of nitrogens with zero attached hydrogens (tertiary/aromatic N) is 3. The highest BCUT2D eigenvalue weighted by atomic mass is 32.2. The van der Waals surface area contributed by atoms with Crippen LogP contribution in [-0.4, -0.2) is 45.9 Å². The first-order valence-electron chi connectivity index (χ1n) is 6.00. The number of hydrogen-bond donors (Lipinski definition) is 1. The Morgan fingerprint density at radius 2 is 2.29 bits per heavy atom. The average Bonchev–Trinajstić information content (AvgIpc) is 2.39. The van der Waals surface area contributed by atoms with E-state index in [1.165, 1.54) is 6.42 Å². The van der Waals surface area contributed by atoms with Gasteiger partial charge in [0.15, 0.2) is 0 Å². The van der Waals surface area contributed by atoms with Gasteiger partial charge in [0.1, 0.15) is 5.03 Å². The molecule has 0 aromatic carbocycles. The normalized spacial score (nSPS) is 21.6. The number of thioether (sulfide) groups is 1. The molecule has 0 spiro atoms. The summed E-state index contributed by atoms with van der Waals surface area (Å²) in [5, 5.41) is 10.2. The third-order valence-corrected chi connectivity index (χ3v) is 3.89. The average molecular weight is 253 g/mol. The van der Waals surface area contributed by atoms with Gasteiger partial charge in [-0.2, -0.15) is 0 Å². The number of aromatic nitrogens is 2. The fraction of sp³-hybridized carbons (Fsp3) is 0.667. The second kappa shape index (κ2) is 6.33. The summed E-state index contributed by atoms with van der Waals surface area (Å²) in [6.07, 6.45) is 7.83. The Morgan fingerprint density at radius 1 is 1.47 bits per heavy atom. The van der Waals surface area contributed by atoms with Crippen molar-refractivity contribution in [3.8, 4) is 0 Å². The molecule has 17 heavy (non-hydrogen) atoms. The first kappa shape index (κ1) is 12.8. The molecule has 2 heterocycles. The van der Waals surface area contributed by atoms with Gasteiger partial charge in [-0.15, -0.1) is 11.8 Å². The Kier molecular flexibility index (Phi) is 4.76. The minimum absolute atomic E-state index is 0.298. The lowest BCUT2D eigenvalue weighted by Crippen LogP contribution is -2.36. The van der Waals surface area contributed by atoms with Crippen molar-refractivity contribution in [2.45, 2.75) is 24.4 Å². The quantitative estimate of drug-likeness (QED) is 0.822. The predicted octanol–water partition coefficient (Wildman–Crippen LogP) is 1.40. The molecule has 1 N–H and O–H groups in total. The second-order valence-electron chi connectivity index (χ2n) is 4.44. The highest BCUT2D eigenvalue weighted by molar-refractivity contribution is 7.98. The van der Waals surface area contributed by atoms with Gasteiger partial charge in [-0.05, 0) is 31.6 Å². The third kappa shape index (κ3) is 3.40. The highest BCUT2D eigenvalue weighted by Crippen LogP contribution is 2.21. The molecule has 0 bridgehead atoms. The number of rotatable bonds is 4. The van der Waals surface area contributed by atoms with Gasteiger partial charge in [0.25, 0.3) is 0 Å². The molecule has 0 aliphatic carbocycles. The van der Waals surface area contributed by atoms with E-state index in [4.69, 9.17) is 0 Å². The molecule has 0 radical (unpaired) electrons. The van der Waals surface area contributed by atoms with E-state index in [1.807, 2.05) is 6.26 Å². The Balaban J connectivity index is 2.00. The summed E-state index contributed by atoms with van der Waals surface area (Å²) in [7, 11) is 0. The Morgan fingerprint density at radius 3 is 3.06 bits per heavy atom. The second-order valence-corrected chi connectivity index (χ2v) is 5.23. The fourth-order valence-electron chi connectivity index (χ4n) is 2.29. The molecule has 0 amide bonds. The van der Waals surface area contributed by atoms with Crippen LogP contribution in [0.5, 0.6) is 0 Å². The van der Waals surface area contributed by atoms with Crippen LogP contribution in [-0.2, 0) is 6.54 Å². The molecule has 1 aliphatic rings. The lowest BCUT2D eigenvalue weighted by molar-refractivity contribution is 0.114. The van der Waals surface area contributed by atoms with Crippen molar-refractivity contribution < 1.29 is 5.11 Å². The van der Waals surface area contributed by atoms with E-state index in [-0.39, 0.29) is 0 Å². The summed E-state index contributed by atoms with van der Waals surface area (Å²) in [5.74, 6) is 0.429. The standard InChI is InChI=1S/C12H19N3OS/c1-17-12-11(13-4-5-14-12)8-15-6-2-3-10(7-15)9-16/h4-5,10,16H,2-3,6-9H2,1H3. The largest absolute Gasteiger partial charge is 0.396 e. The van der Waals surface area contributed by atoms with Crippen molar-refractivity contribution in [1.82, 2.24) is 14.9 Å². The smallest absolute Gasteiger partial charge is 0.119 e. The lowest BCUT2D eigenvalue weighted by Gasteiger charge is -2.31. The van der Waals surface area contributed by atoms with Gasteiger partial charge < -0.3 is 5.11 Å². The predicted molar refractivity (Wildman–Crippen MR) is 68.9 cm³/mol. The molecule has 1 aliphatic heterocycles. The molecule has 2 rings (SSSR count). The zero-order chi connectivity index (χ0) is 12.1. The molecule has 1 fully saturated rings. The van der Waals surface area contributed by atoms with E-state index in [9.17, 15) is 5.11 Å². The van der Waals surface area contributed by atoms with Crippen molar-refractivity contribution in [2.75, 3.05) is 26.0 Å². The number of aliphatic hydroxyl groups is 1. The number of likely N-dealkylation sites (tertiary alicyclic amines) is 1. The van der Waals surface area contributed by atoms with Crippen molar-refractivity contribution in [2.24, 2.45) is 5.92 Å². The minimum Gasteiger partial charge on any atom is -0.396 e. The highest BCUT2D eigenvalue weighted by Gasteiger charge is 2.20. The molecule has 94 valence electrons. The van der Waals surface area contributed by atoms with Gasteiger partial charge in [-0.3, -0.25) is 9.88 Å². The maximum absolute atomic E-state index is 9.22. The Bertz CT molecular complexity index is 361. The summed E-state index contributed by atoms with van der Waals surface area (Å²) >= 11 is 1.64. The third-order valence-electron chi connectivity index (χ3n) is 3.16. The van der Waals surface area contributed by atoms with Crippen molar-refractivity contribution in [3.05, 3.63) is 18.1 Å². The van der Waals surface area contributed by atoms with Gasteiger partial charge >= 0.3 is 0 Å². The lowest BCUT2D eigenvalue weighted by atomic mass is 9.99. The van der Waals surface area contributed by atoms with Crippen LogP contribution < -0.4 is 0 Å². The number of aliphatic hydroxyl groups excluding tert-OH is 1. The van der Waals surface area contributed by atoms with Crippen LogP contribution in [0.25, 0.3) is 0 Å². The van der Waals surface area contributed by atoms with E-state index >= 15 is 0 Å². The van der Waals surface area contributed by atoms with Gasteiger partial charge in [0.2, 0.25) is 0 Å². The Hall–Kier alpha value is -0.650. The summed E-state index contributed by atoms with van der Waals surface area (Å²) in [6.45, 7) is 3.22. The summed E-state index contributed by atoms with van der Waals surface area (Å²) in [5.41, 5.74) is 1.05. The van der Waals surface area contributed by atoms with Crippen molar-refractivity contribution in [1.29, 1.82) is 0 Å². The zero-order valence-corrected chi connectivity index (χ0v) is 11.0. The van der Waals surface area contributed by atoms with E-state index in [2.05, 4.69) is 14.9 Å². The van der Waals surface area contributed by atoms with E-state index in [0.29, 0.717) is 12.5 Å². The molecule has 1 atom stereocenters. The molecule has 5 heteroatoms. The molecule has 1 aromatic heterocycles. The van der Waals surface area contributed by atoms with Crippen LogP contribution >= 0.6 is 11.8 Å². The monoisotopic (exact) mass is 253 g/mol. The summed E-state index contributed by atoms with van der Waals surface area (Å²) in [6, 6.07) is 0. The molecule has 1 aromatic rings. The van der Waals surface area contributed by atoms with Crippen LogP contribution in [0, 0.1) is 5.92 Å². The minimum atomic E-state index is 0.298. The van der Waals surface area contributed by atoms with Crippen LogP contribution in [0.1, 0.15) is 18.5 Å². The van der Waals surface area contributed by atoms with Crippen molar-refractivity contribution >= 4 is 11.8 Å². The van der Waals surface area contributed by atoms with Crippen LogP contribution in [0.2, 0.25) is 0 Å². The first-order chi connectivity index (χ1) is 8.33. The number of piperidine rings is 1. The maximum Gasteiger partial charge on any atom is 0.119 e. The van der Waals surface area contributed by atoms with Crippen LogP contribution in [0.4, 0.5) is 0 Å². The first-order valence-corrected chi connectivity index (χ1v) is 7.23. The van der Waals surface area contributed by atoms with Gasteiger partial charge in [0.05, 0.1) is 5.69 Å². The van der Waals surface area contributed by atoms with E-state index in [1.54, 1.807) is 24.2 Å². The number of hydrogen-bond acceptors (Lipinski definition) is 5. The molecule has 4 nitrogen and oxygen atoms in total. The molecular weight excluding hydrogens is 234 g/mol. The van der Waals surface area contributed by atoms with Crippen molar-refractivity contribution in [3.63, 3.8) is 0 Å². The van der Waals surface area contributed by atoms with Crippen LogP contribution in [0.15, 0.2) is 17.4 Å². The Labute approximate surface area is 106 Å². The summed E-state index contributed by atoms with van der Waals surface area (Å²) in [4.78, 5) is 11.1. The maximum atomic E-state index is 9.22. The van der Waals surface area contributed by atoms with Gasteiger partial charge in [-0.1, -0.05) is 0 Å². The van der Waals surface area contributed by atoms with E-state index in [0.717, 1.165) is 36.8 Å².